The minimum atomic E-state index is -0.431. The first kappa shape index (κ1) is 15.3. The Morgan fingerprint density at radius 3 is 2.28 bits per heavy atom. The summed E-state index contributed by atoms with van der Waals surface area (Å²) >= 11 is 0. The van der Waals surface area contributed by atoms with E-state index in [4.69, 9.17) is 4.74 Å². The van der Waals surface area contributed by atoms with Gasteiger partial charge in [-0.1, -0.05) is 13.8 Å². The number of amides is 1. The number of rotatable bonds is 4. The molecule has 1 atom stereocenters. The smallest absolute Gasteiger partial charge is 0.407 e. The first-order valence-corrected chi connectivity index (χ1v) is 7.00. The Kier molecular flexibility index (Phi) is 5.45. The van der Waals surface area contributed by atoms with E-state index in [-0.39, 0.29) is 12.1 Å². The quantitative estimate of drug-likeness (QED) is 0.840. The number of likely N-dealkylation sites (tertiary alicyclic amines) is 1. The van der Waals surface area contributed by atoms with Crippen molar-refractivity contribution in [2.45, 2.75) is 59.1 Å². The molecule has 1 N–H and O–H groups in total. The van der Waals surface area contributed by atoms with Gasteiger partial charge in [0.15, 0.2) is 0 Å². The molecule has 0 bridgehead atoms. The van der Waals surface area contributed by atoms with Gasteiger partial charge < -0.3 is 15.0 Å². The monoisotopic (exact) mass is 256 g/mol. The number of hydrogen-bond acceptors (Lipinski definition) is 3. The summed E-state index contributed by atoms with van der Waals surface area (Å²) in [6.45, 7) is 13.2. The molecule has 1 rings (SSSR count). The summed E-state index contributed by atoms with van der Waals surface area (Å²) in [7, 11) is 0. The van der Waals surface area contributed by atoms with Gasteiger partial charge in [0.2, 0.25) is 0 Å². The van der Waals surface area contributed by atoms with Crippen molar-refractivity contribution in [1.82, 2.24) is 10.2 Å². The highest BCUT2D eigenvalue weighted by Gasteiger charge is 2.24. The van der Waals surface area contributed by atoms with Crippen LogP contribution in [0.15, 0.2) is 0 Å². The minimum absolute atomic E-state index is 0.165. The van der Waals surface area contributed by atoms with Crippen molar-refractivity contribution in [3.05, 3.63) is 0 Å². The fourth-order valence-electron chi connectivity index (χ4n) is 2.13. The summed E-state index contributed by atoms with van der Waals surface area (Å²) in [4.78, 5) is 14.2. The third-order valence-electron chi connectivity index (χ3n) is 3.16. The first-order valence-electron chi connectivity index (χ1n) is 7.00. The van der Waals surface area contributed by atoms with Crippen LogP contribution in [0.3, 0.4) is 0 Å². The minimum Gasteiger partial charge on any atom is -0.444 e. The molecule has 0 spiro atoms. The lowest BCUT2D eigenvalue weighted by Crippen LogP contribution is -2.47. The molecule has 0 aromatic rings. The van der Waals surface area contributed by atoms with E-state index in [1.807, 2.05) is 20.8 Å². The van der Waals surface area contributed by atoms with Crippen LogP contribution in [0.1, 0.15) is 47.5 Å². The summed E-state index contributed by atoms with van der Waals surface area (Å²) in [5, 5.41) is 3.00. The van der Waals surface area contributed by atoms with Crippen LogP contribution in [0.5, 0.6) is 0 Å². The van der Waals surface area contributed by atoms with Gasteiger partial charge in [-0.05, 0) is 52.6 Å². The molecular formula is C14H28N2O2. The highest BCUT2D eigenvalue weighted by molar-refractivity contribution is 5.68. The van der Waals surface area contributed by atoms with Gasteiger partial charge in [0.05, 0.1) is 0 Å². The second-order valence-corrected chi connectivity index (χ2v) is 6.50. The van der Waals surface area contributed by atoms with Gasteiger partial charge in [-0.2, -0.15) is 0 Å². The molecule has 0 aliphatic carbocycles. The zero-order valence-electron chi connectivity index (χ0n) is 12.5. The van der Waals surface area contributed by atoms with E-state index < -0.39 is 5.60 Å². The third-order valence-corrected chi connectivity index (χ3v) is 3.16. The molecule has 1 heterocycles. The first-order chi connectivity index (χ1) is 8.28. The van der Waals surface area contributed by atoms with Crippen molar-refractivity contribution in [3.8, 4) is 0 Å². The Labute approximate surface area is 111 Å². The highest BCUT2D eigenvalue weighted by atomic mass is 16.6. The topological polar surface area (TPSA) is 41.6 Å². The highest BCUT2D eigenvalue weighted by Crippen LogP contribution is 2.13. The predicted molar refractivity (Wildman–Crippen MR) is 73.7 cm³/mol. The second kappa shape index (κ2) is 6.41. The Morgan fingerprint density at radius 1 is 1.28 bits per heavy atom. The number of ether oxygens (including phenoxy) is 1. The molecule has 1 fully saturated rings. The van der Waals surface area contributed by atoms with Crippen molar-refractivity contribution >= 4 is 6.09 Å². The van der Waals surface area contributed by atoms with Gasteiger partial charge in [0.1, 0.15) is 5.60 Å². The Balaban J connectivity index is 2.44. The molecule has 18 heavy (non-hydrogen) atoms. The summed E-state index contributed by atoms with van der Waals surface area (Å²) < 4.78 is 5.31. The lowest BCUT2D eigenvalue weighted by atomic mass is 10.0. The Hall–Kier alpha value is -0.770. The molecule has 0 aromatic carbocycles. The maximum absolute atomic E-state index is 11.8. The lowest BCUT2D eigenvalue weighted by Gasteiger charge is -2.28. The van der Waals surface area contributed by atoms with Crippen LogP contribution < -0.4 is 5.32 Å². The standard InChI is InChI=1S/C14H28N2O2/c1-11(2)12(10-16-8-6-7-9-16)15-13(17)18-14(3,4)5/h11-12H,6-10H2,1-5H3,(H,15,17)/t12-/m1/s1. The predicted octanol–water partition coefficient (Wildman–Crippen LogP) is 2.63. The maximum Gasteiger partial charge on any atom is 0.407 e. The molecule has 0 aromatic heterocycles. The molecule has 1 amide bonds. The molecule has 0 radical (unpaired) electrons. The van der Waals surface area contributed by atoms with Crippen molar-refractivity contribution in [2.24, 2.45) is 5.92 Å². The maximum atomic E-state index is 11.8. The van der Waals surface area contributed by atoms with Gasteiger partial charge in [-0.25, -0.2) is 4.79 Å². The lowest BCUT2D eigenvalue weighted by molar-refractivity contribution is 0.0477. The normalized spacial score (nSPS) is 19.0. The summed E-state index contributed by atoms with van der Waals surface area (Å²) in [5.41, 5.74) is -0.431. The fourth-order valence-corrected chi connectivity index (χ4v) is 2.13. The largest absolute Gasteiger partial charge is 0.444 e. The van der Waals surface area contributed by atoms with E-state index in [1.165, 1.54) is 12.8 Å². The molecular weight excluding hydrogens is 228 g/mol. The van der Waals surface area contributed by atoms with Gasteiger partial charge in [-0.15, -0.1) is 0 Å². The van der Waals surface area contributed by atoms with Crippen LogP contribution in [-0.4, -0.2) is 42.3 Å². The average Bonchev–Trinajstić information content (AvgIpc) is 2.66. The molecule has 1 saturated heterocycles. The number of carbonyl (C=O) groups excluding carboxylic acids is 1. The van der Waals surface area contributed by atoms with Crippen LogP contribution in [-0.2, 0) is 4.74 Å². The molecule has 4 nitrogen and oxygen atoms in total. The summed E-state index contributed by atoms with van der Waals surface area (Å²) in [6.07, 6.45) is 2.24. The van der Waals surface area contributed by atoms with Crippen molar-refractivity contribution in [1.29, 1.82) is 0 Å². The van der Waals surface area contributed by atoms with Crippen LogP contribution >= 0.6 is 0 Å². The second-order valence-electron chi connectivity index (χ2n) is 6.50. The van der Waals surface area contributed by atoms with Crippen LogP contribution in [0.25, 0.3) is 0 Å². The van der Waals surface area contributed by atoms with E-state index in [1.54, 1.807) is 0 Å². The van der Waals surface area contributed by atoms with E-state index in [0.717, 1.165) is 19.6 Å². The van der Waals surface area contributed by atoms with Gasteiger partial charge >= 0.3 is 6.09 Å². The SMILES string of the molecule is CC(C)[C@@H](CN1CCCC1)NC(=O)OC(C)(C)C. The Bertz CT molecular complexity index is 265. The van der Waals surface area contributed by atoms with Gasteiger partial charge in [0, 0.05) is 12.6 Å². The molecule has 0 saturated carbocycles. The van der Waals surface area contributed by atoms with Crippen LogP contribution in [0.2, 0.25) is 0 Å². The number of hydrogen-bond donors (Lipinski definition) is 1. The van der Waals surface area contributed by atoms with Crippen molar-refractivity contribution in [3.63, 3.8) is 0 Å². The van der Waals surface area contributed by atoms with Crippen molar-refractivity contribution < 1.29 is 9.53 Å². The Morgan fingerprint density at radius 2 is 1.83 bits per heavy atom. The molecule has 106 valence electrons. The molecule has 0 unspecified atom stereocenters. The van der Waals surface area contributed by atoms with Gasteiger partial charge in [-0.3, -0.25) is 0 Å². The third kappa shape index (κ3) is 5.71. The number of nitrogens with one attached hydrogen (secondary N) is 1. The average molecular weight is 256 g/mol. The fraction of sp³-hybridized carbons (Fsp3) is 0.929. The zero-order valence-corrected chi connectivity index (χ0v) is 12.5. The van der Waals surface area contributed by atoms with Crippen molar-refractivity contribution in [2.75, 3.05) is 19.6 Å². The number of nitrogens with zero attached hydrogens (tertiary/aromatic N) is 1. The summed E-state index contributed by atoms with van der Waals surface area (Å²) in [5.74, 6) is 0.415. The van der Waals surface area contributed by atoms with E-state index in [0.29, 0.717) is 5.92 Å². The number of alkyl carbamates (subject to hydrolysis) is 1. The number of carbonyl (C=O) groups is 1. The summed E-state index contributed by atoms with van der Waals surface area (Å²) in [6, 6.07) is 0.165. The van der Waals surface area contributed by atoms with Crippen LogP contribution in [0.4, 0.5) is 4.79 Å². The van der Waals surface area contributed by atoms with Crippen LogP contribution in [0, 0.1) is 5.92 Å². The molecule has 1 aliphatic rings. The zero-order chi connectivity index (χ0) is 13.8. The van der Waals surface area contributed by atoms with Gasteiger partial charge in [0.25, 0.3) is 0 Å². The van der Waals surface area contributed by atoms with E-state index in [2.05, 4.69) is 24.1 Å². The molecule has 1 aliphatic heterocycles. The van der Waals surface area contributed by atoms with E-state index >= 15 is 0 Å². The molecule has 4 heteroatoms. The van der Waals surface area contributed by atoms with E-state index in [9.17, 15) is 4.79 Å².